The van der Waals surface area contributed by atoms with Crippen molar-refractivity contribution in [2.45, 2.75) is 19.8 Å². The van der Waals surface area contributed by atoms with Gasteiger partial charge in [-0.15, -0.1) is 0 Å². The third-order valence-corrected chi connectivity index (χ3v) is 4.03. The Bertz CT molecular complexity index is 540. The highest BCUT2D eigenvalue weighted by molar-refractivity contribution is 5.78. The van der Waals surface area contributed by atoms with Gasteiger partial charge in [-0.1, -0.05) is 12.1 Å². The number of carboxylic acid groups (broad SMARTS) is 1. The zero-order chi connectivity index (χ0) is 16.7. The van der Waals surface area contributed by atoms with Gasteiger partial charge in [-0.25, -0.2) is 0 Å². The summed E-state index contributed by atoms with van der Waals surface area (Å²) in [4.78, 5) is 23.3. The third-order valence-electron chi connectivity index (χ3n) is 4.03. The maximum atomic E-state index is 11.9. The van der Waals surface area contributed by atoms with Crippen LogP contribution in [0.3, 0.4) is 0 Å². The van der Waals surface area contributed by atoms with Gasteiger partial charge in [0.2, 0.25) is 0 Å². The molecular weight excluding hydrogens is 298 g/mol. The Balaban J connectivity index is 1.78. The number of hydrogen-bond acceptors (Lipinski definition) is 4. The fourth-order valence-corrected chi connectivity index (χ4v) is 2.70. The molecule has 23 heavy (non-hydrogen) atoms. The number of rotatable bonds is 7. The largest absolute Gasteiger partial charge is 0.484 e. The molecule has 126 valence electrons. The van der Waals surface area contributed by atoms with Crippen LogP contribution >= 0.6 is 0 Å². The second-order valence-corrected chi connectivity index (χ2v) is 5.80. The Hall–Kier alpha value is -2.08. The molecule has 0 aliphatic carbocycles. The van der Waals surface area contributed by atoms with Gasteiger partial charge < -0.3 is 19.9 Å². The summed E-state index contributed by atoms with van der Waals surface area (Å²) in [5.74, 6) is -1.11. The van der Waals surface area contributed by atoms with Crippen molar-refractivity contribution in [1.82, 2.24) is 5.32 Å². The summed E-state index contributed by atoms with van der Waals surface area (Å²) in [5.41, 5.74) is 1.05. The lowest BCUT2D eigenvalue weighted by Crippen LogP contribution is -2.40. The van der Waals surface area contributed by atoms with E-state index in [1.807, 2.05) is 25.1 Å². The predicted molar refractivity (Wildman–Crippen MR) is 84.4 cm³/mol. The number of hydrogen-bond donors (Lipinski definition) is 2. The van der Waals surface area contributed by atoms with Crippen LogP contribution in [0, 0.1) is 18.8 Å². The molecule has 1 aromatic rings. The van der Waals surface area contributed by atoms with E-state index >= 15 is 0 Å². The van der Waals surface area contributed by atoms with Crippen LogP contribution in [0.25, 0.3) is 0 Å². The Morgan fingerprint density at radius 2 is 2.13 bits per heavy atom. The molecule has 6 nitrogen and oxygen atoms in total. The van der Waals surface area contributed by atoms with E-state index in [4.69, 9.17) is 9.47 Å². The Labute approximate surface area is 135 Å². The minimum atomic E-state index is -0.878. The van der Waals surface area contributed by atoms with E-state index in [1.54, 1.807) is 6.07 Å². The normalized spacial score (nSPS) is 16.6. The van der Waals surface area contributed by atoms with E-state index < -0.39 is 11.9 Å². The van der Waals surface area contributed by atoms with Gasteiger partial charge >= 0.3 is 5.97 Å². The smallest absolute Gasteiger partial charge is 0.308 e. The molecule has 1 heterocycles. The molecule has 1 aliphatic heterocycles. The Kier molecular flexibility index (Phi) is 6.40. The molecule has 1 amide bonds. The molecular formula is C17H23NO5. The summed E-state index contributed by atoms with van der Waals surface area (Å²) in [5, 5.41) is 12.0. The molecule has 2 N–H and O–H groups in total. The first-order chi connectivity index (χ1) is 11.1. The van der Waals surface area contributed by atoms with Crippen molar-refractivity contribution in [2.24, 2.45) is 11.8 Å². The number of benzene rings is 1. The molecule has 1 saturated heterocycles. The van der Waals surface area contributed by atoms with E-state index in [9.17, 15) is 14.7 Å². The average molecular weight is 321 g/mol. The topological polar surface area (TPSA) is 84.9 Å². The molecule has 0 aromatic heterocycles. The van der Waals surface area contributed by atoms with Gasteiger partial charge in [0, 0.05) is 19.8 Å². The molecule has 0 saturated carbocycles. The molecule has 0 radical (unpaired) electrons. The quantitative estimate of drug-likeness (QED) is 0.797. The summed E-state index contributed by atoms with van der Waals surface area (Å²) in [6.45, 7) is 3.11. The molecule has 0 spiro atoms. The Morgan fingerprint density at radius 3 is 2.78 bits per heavy atom. The summed E-state index contributed by atoms with van der Waals surface area (Å²) in [7, 11) is 0. The van der Waals surface area contributed by atoms with E-state index in [0.717, 1.165) is 5.56 Å². The molecule has 1 atom stereocenters. The first kappa shape index (κ1) is 17.3. The third kappa shape index (κ3) is 5.56. The van der Waals surface area contributed by atoms with Crippen LogP contribution in [-0.2, 0) is 14.3 Å². The van der Waals surface area contributed by atoms with Crippen molar-refractivity contribution in [3.8, 4) is 5.75 Å². The SMILES string of the molecule is Cc1cccc(OCC(=O)NCC(C(=O)O)C2CCOCC2)c1. The number of carbonyl (C=O) groups excluding carboxylic acids is 1. The number of nitrogens with one attached hydrogen (secondary N) is 1. The number of carboxylic acids is 1. The predicted octanol–water partition coefficient (Wildman–Crippen LogP) is 1.62. The van der Waals surface area contributed by atoms with E-state index in [-0.39, 0.29) is 25.0 Å². The zero-order valence-electron chi connectivity index (χ0n) is 13.3. The number of ether oxygens (including phenoxy) is 2. The first-order valence-corrected chi connectivity index (χ1v) is 7.83. The standard InChI is InChI=1S/C17H23NO5/c1-12-3-2-4-14(9-12)23-11-16(19)18-10-15(17(20)21)13-5-7-22-8-6-13/h2-4,9,13,15H,5-8,10-11H2,1H3,(H,18,19)(H,20,21). The Morgan fingerprint density at radius 1 is 1.39 bits per heavy atom. The highest BCUT2D eigenvalue weighted by atomic mass is 16.5. The number of carbonyl (C=O) groups is 2. The van der Waals surface area contributed by atoms with Crippen molar-refractivity contribution in [1.29, 1.82) is 0 Å². The maximum Gasteiger partial charge on any atom is 0.308 e. The maximum absolute atomic E-state index is 11.9. The molecule has 1 aliphatic rings. The van der Waals surface area contributed by atoms with Gasteiger partial charge in [-0.3, -0.25) is 9.59 Å². The van der Waals surface area contributed by atoms with Crippen molar-refractivity contribution in [3.05, 3.63) is 29.8 Å². The molecule has 1 aromatic carbocycles. The minimum absolute atomic E-state index is 0.0410. The van der Waals surface area contributed by atoms with Crippen molar-refractivity contribution in [2.75, 3.05) is 26.4 Å². The monoisotopic (exact) mass is 321 g/mol. The summed E-state index contributed by atoms with van der Waals surface area (Å²) in [6, 6.07) is 7.42. The van der Waals surface area contributed by atoms with Gasteiger partial charge in [-0.2, -0.15) is 0 Å². The highest BCUT2D eigenvalue weighted by Crippen LogP contribution is 2.23. The van der Waals surface area contributed by atoms with Crippen LogP contribution in [-0.4, -0.2) is 43.3 Å². The zero-order valence-corrected chi connectivity index (χ0v) is 13.3. The second-order valence-electron chi connectivity index (χ2n) is 5.80. The second kappa shape index (κ2) is 8.53. The fourth-order valence-electron chi connectivity index (χ4n) is 2.70. The van der Waals surface area contributed by atoms with E-state index in [1.165, 1.54) is 0 Å². The average Bonchev–Trinajstić information content (AvgIpc) is 2.54. The number of aryl methyl sites for hydroxylation is 1. The van der Waals surface area contributed by atoms with Crippen LogP contribution in [0.2, 0.25) is 0 Å². The van der Waals surface area contributed by atoms with Crippen LogP contribution in [0.5, 0.6) is 5.75 Å². The summed E-state index contributed by atoms with van der Waals surface area (Å²) < 4.78 is 10.7. The van der Waals surface area contributed by atoms with Gasteiger partial charge in [0.05, 0.1) is 5.92 Å². The minimum Gasteiger partial charge on any atom is -0.484 e. The van der Waals surface area contributed by atoms with Crippen molar-refractivity contribution in [3.63, 3.8) is 0 Å². The summed E-state index contributed by atoms with van der Waals surface area (Å²) >= 11 is 0. The van der Waals surface area contributed by atoms with Gasteiger partial charge in [-0.05, 0) is 43.4 Å². The number of amides is 1. The van der Waals surface area contributed by atoms with Crippen LogP contribution in [0.1, 0.15) is 18.4 Å². The van der Waals surface area contributed by atoms with Gasteiger partial charge in [0.1, 0.15) is 5.75 Å². The molecule has 1 fully saturated rings. The molecule has 1 unspecified atom stereocenters. The van der Waals surface area contributed by atoms with Crippen LogP contribution in [0.15, 0.2) is 24.3 Å². The molecule has 0 bridgehead atoms. The first-order valence-electron chi connectivity index (χ1n) is 7.83. The van der Waals surface area contributed by atoms with E-state index in [2.05, 4.69) is 5.32 Å². The number of aliphatic carboxylic acids is 1. The highest BCUT2D eigenvalue weighted by Gasteiger charge is 2.29. The van der Waals surface area contributed by atoms with Crippen molar-refractivity contribution >= 4 is 11.9 Å². The molecule has 2 rings (SSSR count). The molecule has 6 heteroatoms. The lowest BCUT2D eigenvalue weighted by atomic mass is 9.86. The lowest BCUT2D eigenvalue weighted by Gasteiger charge is -2.27. The van der Waals surface area contributed by atoms with Crippen LogP contribution in [0.4, 0.5) is 0 Å². The lowest BCUT2D eigenvalue weighted by molar-refractivity contribution is -0.145. The van der Waals surface area contributed by atoms with Crippen LogP contribution < -0.4 is 10.1 Å². The van der Waals surface area contributed by atoms with Gasteiger partial charge in [0.15, 0.2) is 6.61 Å². The van der Waals surface area contributed by atoms with E-state index in [0.29, 0.717) is 31.8 Å². The summed E-state index contributed by atoms with van der Waals surface area (Å²) in [6.07, 6.45) is 1.43. The fraction of sp³-hybridized carbons (Fsp3) is 0.529. The van der Waals surface area contributed by atoms with Gasteiger partial charge in [0.25, 0.3) is 5.91 Å². The van der Waals surface area contributed by atoms with Crippen molar-refractivity contribution < 1.29 is 24.2 Å².